The summed E-state index contributed by atoms with van der Waals surface area (Å²) in [4.78, 5) is 1.13. The number of hydrogen-bond donors (Lipinski definition) is 2. The van der Waals surface area contributed by atoms with E-state index in [1.807, 2.05) is 26.1 Å². The van der Waals surface area contributed by atoms with E-state index < -0.39 is 12.7 Å². The van der Waals surface area contributed by atoms with Crippen LogP contribution in [-0.2, 0) is 0 Å². The third-order valence-corrected chi connectivity index (χ3v) is 3.16. The zero-order valence-corrected chi connectivity index (χ0v) is 11.7. The molecule has 1 rings (SSSR count). The van der Waals surface area contributed by atoms with Crippen LogP contribution in [0.1, 0.15) is 24.9 Å². The van der Waals surface area contributed by atoms with Crippen molar-refractivity contribution in [3.05, 3.63) is 29.8 Å². The monoisotopic (exact) mass is 290 g/mol. The van der Waals surface area contributed by atoms with Crippen LogP contribution in [0.25, 0.3) is 0 Å². The average molecular weight is 290 g/mol. The largest absolute Gasteiger partial charge is 0.405 e. The first-order chi connectivity index (χ1) is 9.41. The average Bonchev–Trinajstić information content (AvgIpc) is 2.39. The fraction of sp³-hybridized carbons (Fsp3) is 0.571. The van der Waals surface area contributed by atoms with Crippen LogP contribution in [0.3, 0.4) is 0 Å². The number of hydrogen-bond acceptors (Lipinski definition) is 3. The zero-order chi connectivity index (χ0) is 15.2. The van der Waals surface area contributed by atoms with Crippen LogP contribution in [0.2, 0.25) is 0 Å². The molecule has 0 aliphatic carbocycles. The van der Waals surface area contributed by atoms with Gasteiger partial charge in [-0.25, -0.2) is 0 Å². The van der Waals surface area contributed by atoms with Gasteiger partial charge < -0.3 is 15.3 Å². The molecule has 0 saturated heterocycles. The van der Waals surface area contributed by atoms with Crippen LogP contribution in [0.4, 0.5) is 18.9 Å². The molecule has 1 aromatic rings. The maximum atomic E-state index is 12.5. The number of rotatable bonds is 7. The Bertz CT molecular complexity index is 388. The first-order valence-corrected chi connectivity index (χ1v) is 6.61. The van der Waals surface area contributed by atoms with E-state index in [-0.39, 0.29) is 19.2 Å². The molecule has 2 N–H and O–H groups in total. The fourth-order valence-electron chi connectivity index (χ4n) is 2.16. The molecule has 0 aromatic heterocycles. The molecule has 0 radical (unpaired) electrons. The van der Waals surface area contributed by atoms with Gasteiger partial charge in [0.1, 0.15) is 6.54 Å². The minimum absolute atomic E-state index is 0.0396. The lowest BCUT2D eigenvalue weighted by atomic mass is 10.0. The zero-order valence-electron chi connectivity index (χ0n) is 11.7. The van der Waals surface area contributed by atoms with Gasteiger partial charge in [0.05, 0.1) is 6.61 Å². The normalized spacial score (nSPS) is 13.3. The van der Waals surface area contributed by atoms with Crippen LogP contribution in [-0.4, -0.2) is 38.0 Å². The van der Waals surface area contributed by atoms with Crippen molar-refractivity contribution in [3.63, 3.8) is 0 Å². The highest BCUT2D eigenvalue weighted by atomic mass is 19.4. The van der Waals surface area contributed by atoms with E-state index >= 15 is 0 Å². The van der Waals surface area contributed by atoms with Crippen LogP contribution < -0.4 is 10.2 Å². The Morgan fingerprint density at radius 1 is 1.25 bits per heavy atom. The topological polar surface area (TPSA) is 35.5 Å². The Balaban J connectivity index is 2.87. The maximum Gasteiger partial charge on any atom is 0.405 e. The van der Waals surface area contributed by atoms with Crippen LogP contribution in [0.15, 0.2) is 24.3 Å². The summed E-state index contributed by atoms with van der Waals surface area (Å²) >= 11 is 0. The molecular weight excluding hydrogens is 269 g/mol. The van der Waals surface area contributed by atoms with Crippen molar-refractivity contribution in [3.8, 4) is 0 Å². The van der Waals surface area contributed by atoms with Crippen LogP contribution in [0.5, 0.6) is 0 Å². The van der Waals surface area contributed by atoms with Gasteiger partial charge in [0.25, 0.3) is 0 Å². The Labute approximate surface area is 117 Å². The highest BCUT2D eigenvalue weighted by Gasteiger charge is 2.30. The second-order valence-corrected chi connectivity index (χ2v) is 4.60. The Kier molecular flexibility index (Phi) is 6.29. The molecule has 1 atom stereocenters. The van der Waals surface area contributed by atoms with Crippen LogP contribution in [0, 0.1) is 0 Å². The van der Waals surface area contributed by atoms with E-state index in [1.165, 1.54) is 0 Å². The molecule has 0 bridgehead atoms. The molecule has 0 fully saturated rings. The predicted octanol–water partition coefficient (Wildman–Crippen LogP) is 2.72. The SMILES string of the molecule is CCC(NC)c1ccc(N(CCO)CC(F)(F)F)cc1. The van der Waals surface area contributed by atoms with E-state index in [9.17, 15) is 13.2 Å². The summed E-state index contributed by atoms with van der Waals surface area (Å²) in [5, 5.41) is 12.0. The Morgan fingerprint density at radius 2 is 1.85 bits per heavy atom. The first-order valence-electron chi connectivity index (χ1n) is 6.61. The van der Waals surface area contributed by atoms with Gasteiger partial charge in [-0.1, -0.05) is 19.1 Å². The van der Waals surface area contributed by atoms with Gasteiger partial charge in [-0.15, -0.1) is 0 Å². The van der Waals surface area contributed by atoms with Crippen molar-refractivity contribution in [2.75, 3.05) is 31.6 Å². The van der Waals surface area contributed by atoms with Gasteiger partial charge in [0.2, 0.25) is 0 Å². The highest BCUT2D eigenvalue weighted by molar-refractivity contribution is 5.48. The smallest absolute Gasteiger partial charge is 0.395 e. The molecule has 114 valence electrons. The quantitative estimate of drug-likeness (QED) is 0.810. The van der Waals surface area contributed by atoms with Crippen molar-refractivity contribution in [1.82, 2.24) is 5.32 Å². The summed E-state index contributed by atoms with van der Waals surface area (Å²) < 4.78 is 37.5. The number of alkyl halides is 3. The second-order valence-electron chi connectivity index (χ2n) is 4.60. The molecule has 1 unspecified atom stereocenters. The number of benzene rings is 1. The number of nitrogens with zero attached hydrogens (tertiary/aromatic N) is 1. The van der Waals surface area contributed by atoms with Crippen molar-refractivity contribution < 1.29 is 18.3 Å². The lowest BCUT2D eigenvalue weighted by Gasteiger charge is -2.25. The van der Waals surface area contributed by atoms with Gasteiger partial charge in [0, 0.05) is 18.3 Å². The summed E-state index contributed by atoms with van der Waals surface area (Å²) in [6.07, 6.45) is -3.39. The van der Waals surface area contributed by atoms with E-state index in [0.29, 0.717) is 5.69 Å². The Hall–Kier alpha value is -1.27. The fourth-order valence-corrected chi connectivity index (χ4v) is 2.16. The van der Waals surface area contributed by atoms with Crippen molar-refractivity contribution in [1.29, 1.82) is 0 Å². The maximum absolute atomic E-state index is 12.5. The molecule has 0 saturated carbocycles. The number of nitrogens with one attached hydrogen (secondary N) is 1. The summed E-state index contributed by atoms with van der Waals surface area (Å²) in [5.41, 5.74) is 1.50. The summed E-state index contributed by atoms with van der Waals surface area (Å²) in [6.45, 7) is 0.626. The summed E-state index contributed by atoms with van der Waals surface area (Å²) in [5.74, 6) is 0. The van der Waals surface area contributed by atoms with E-state index in [0.717, 1.165) is 16.9 Å². The lowest BCUT2D eigenvalue weighted by Crippen LogP contribution is -2.36. The minimum atomic E-state index is -4.29. The molecule has 20 heavy (non-hydrogen) atoms. The second kappa shape index (κ2) is 7.50. The van der Waals surface area contributed by atoms with E-state index in [4.69, 9.17) is 5.11 Å². The number of aliphatic hydroxyl groups excluding tert-OH is 1. The molecule has 0 heterocycles. The molecule has 0 amide bonds. The molecule has 0 aliphatic heterocycles. The van der Waals surface area contributed by atoms with E-state index in [2.05, 4.69) is 5.32 Å². The van der Waals surface area contributed by atoms with Gasteiger partial charge in [-0.2, -0.15) is 13.2 Å². The van der Waals surface area contributed by atoms with Crippen molar-refractivity contribution in [2.45, 2.75) is 25.6 Å². The minimum Gasteiger partial charge on any atom is -0.395 e. The molecule has 6 heteroatoms. The van der Waals surface area contributed by atoms with Gasteiger partial charge >= 0.3 is 6.18 Å². The lowest BCUT2D eigenvalue weighted by molar-refractivity contribution is -0.119. The molecule has 0 spiro atoms. The van der Waals surface area contributed by atoms with Gasteiger partial charge in [-0.3, -0.25) is 0 Å². The van der Waals surface area contributed by atoms with Crippen molar-refractivity contribution in [2.24, 2.45) is 0 Å². The molecule has 1 aromatic carbocycles. The van der Waals surface area contributed by atoms with Crippen LogP contribution >= 0.6 is 0 Å². The number of halogens is 3. The number of aliphatic hydroxyl groups is 1. The van der Waals surface area contributed by atoms with Crippen molar-refractivity contribution >= 4 is 5.69 Å². The third-order valence-electron chi connectivity index (χ3n) is 3.16. The molecule has 3 nitrogen and oxygen atoms in total. The third kappa shape index (κ3) is 5.02. The standard InChI is InChI=1S/C14H21F3N2O/c1-3-13(18-2)11-4-6-12(7-5-11)19(8-9-20)10-14(15,16)17/h4-7,13,18,20H,3,8-10H2,1-2H3. The van der Waals surface area contributed by atoms with Gasteiger partial charge in [-0.05, 0) is 31.2 Å². The Morgan fingerprint density at radius 3 is 2.25 bits per heavy atom. The first kappa shape index (κ1) is 16.8. The molecular formula is C14H21F3N2O. The summed E-state index contributed by atoms with van der Waals surface area (Å²) in [6, 6.07) is 7.16. The van der Waals surface area contributed by atoms with E-state index in [1.54, 1.807) is 12.1 Å². The number of anilines is 1. The predicted molar refractivity (Wildman–Crippen MR) is 73.9 cm³/mol. The summed E-state index contributed by atoms with van der Waals surface area (Å²) in [7, 11) is 1.85. The molecule has 0 aliphatic rings. The van der Waals surface area contributed by atoms with Gasteiger partial charge in [0.15, 0.2) is 0 Å². The highest BCUT2D eigenvalue weighted by Crippen LogP contribution is 2.24.